The summed E-state index contributed by atoms with van der Waals surface area (Å²) < 4.78 is 10.9. The zero-order valence-corrected chi connectivity index (χ0v) is 17.1. The summed E-state index contributed by atoms with van der Waals surface area (Å²) in [5, 5.41) is 0. The minimum atomic E-state index is -0.705. The molecule has 1 fully saturated rings. The highest BCUT2D eigenvalue weighted by atomic mass is 16.6. The lowest BCUT2D eigenvalue weighted by molar-refractivity contribution is -0.165. The van der Waals surface area contributed by atoms with E-state index in [0.29, 0.717) is 13.2 Å². The molecule has 0 aromatic heterocycles. The predicted molar refractivity (Wildman–Crippen MR) is 105 cm³/mol. The number of hydrogen-bond donors (Lipinski definition) is 0. The number of esters is 2. The highest BCUT2D eigenvalue weighted by Crippen LogP contribution is 2.33. The predicted octanol–water partition coefficient (Wildman–Crippen LogP) is 5.82. The Morgan fingerprint density at radius 3 is 1.58 bits per heavy atom. The van der Waals surface area contributed by atoms with Gasteiger partial charge in [0.15, 0.2) is 5.92 Å². The van der Waals surface area contributed by atoms with E-state index in [0.717, 1.165) is 51.4 Å². The second-order valence-electron chi connectivity index (χ2n) is 7.69. The Labute approximate surface area is 160 Å². The fourth-order valence-corrected chi connectivity index (χ4v) is 3.71. The molecule has 0 aromatic rings. The average molecular weight is 369 g/mol. The molecule has 0 amide bonds. The highest BCUT2D eigenvalue weighted by molar-refractivity contribution is 5.95. The van der Waals surface area contributed by atoms with Gasteiger partial charge in [0.1, 0.15) is 0 Å². The minimum absolute atomic E-state index is 0.107. The molecular formula is C22H40O4. The summed E-state index contributed by atoms with van der Waals surface area (Å²) in [6, 6.07) is 0. The van der Waals surface area contributed by atoms with Crippen LogP contribution >= 0.6 is 0 Å². The molecule has 1 aliphatic rings. The van der Waals surface area contributed by atoms with Crippen molar-refractivity contribution in [3.63, 3.8) is 0 Å². The lowest BCUT2D eigenvalue weighted by Crippen LogP contribution is -2.33. The molecule has 26 heavy (non-hydrogen) atoms. The third-order valence-corrected chi connectivity index (χ3v) is 5.36. The molecule has 0 atom stereocenters. The van der Waals surface area contributed by atoms with E-state index >= 15 is 0 Å². The fourth-order valence-electron chi connectivity index (χ4n) is 3.71. The van der Waals surface area contributed by atoms with Crippen LogP contribution in [-0.2, 0) is 19.1 Å². The Balaban J connectivity index is 2.35. The van der Waals surface area contributed by atoms with Gasteiger partial charge in [0, 0.05) is 0 Å². The second-order valence-corrected chi connectivity index (χ2v) is 7.69. The number of ether oxygens (including phenoxy) is 2. The monoisotopic (exact) mass is 368 g/mol. The second kappa shape index (κ2) is 15.0. The minimum Gasteiger partial charge on any atom is -0.465 e. The standard InChI is InChI=1S/C22H40O4/c1-3-5-7-9-13-17-25-21(23)20(19-15-11-12-16-19)22(24)26-18-14-10-8-6-4-2/h19-20H,3-18H2,1-2H3. The average Bonchev–Trinajstić information content (AvgIpc) is 3.15. The molecule has 4 nitrogen and oxygen atoms in total. The van der Waals surface area contributed by atoms with E-state index in [4.69, 9.17) is 9.47 Å². The summed E-state index contributed by atoms with van der Waals surface area (Å²) in [6.07, 6.45) is 15.2. The molecule has 0 unspecified atom stereocenters. The van der Waals surface area contributed by atoms with Gasteiger partial charge < -0.3 is 9.47 Å². The molecule has 1 aliphatic carbocycles. The quantitative estimate of drug-likeness (QED) is 0.208. The summed E-state index contributed by atoms with van der Waals surface area (Å²) in [4.78, 5) is 25.0. The van der Waals surface area contributed by atoms with E-state index in [1.54, 1.807) is 0 Å². The first-order chi connectivity index (χ1) is 12.7. The molecule has 4 heteroatoms. The number of rotatable bonds is 15. The van der Waals surface area contributed by atoms with Crippen molar-refractivity contribution >= 4 is 11.9 Å². The zero-order chi connectivity index (χ0) is 19.0. The molecule has 0 spiro atoms. The van der Waals surface area contributed by atoms with E-state index in [2.05, 4.69) is 13.8 Å². The van der Waals surface area contributed by atoms with Crippen LogP contribution in [0.3, 0.4) is 0 Å². The van der Waals surface area contributed by atoms with Gasteiger partial charge in [0.2, 0.25) is 0 Å². The van der Waals surface area contributed by atoms with E-state index in [9.17, 15) is 9.59 Å². The Morgan fingerprint density at radius 1 is 0.731 bits per heavy atom. The molecule has 0 heterocycles. The van der Waals surface area contributed by atoms with Gasteiger partial charge in [-0.15, -0.1) is 0 Å². The third-order valence-electron chi connectivity index (χ3n) is 5.36. The summed E-state index contributed by atoms with van der Waals surface area (Å²) in [5.74, 6) is -1.31. The van der Waals surface area contributed by atoms with Crippen LogP contribution in [0.5, 0.6) is 0 Å². The Bertz CT molecular complexity index is 346. The van der Waals surface area contributed by atoms with Gasteiger partial charge in [-0.25, -0.2) is 0 Å². The molecule has 0 bridgehead atoms. The number of hydrogen-bond acceptors (Lipinski definition) is 4. The maximum atomic E-state index is 12.5. The van der Waals surface area contributed by atoms with Crippen molar-refractivity contribution in [3.05, 3.63) is 0 Å². The topological polar surface area (TPSA) is 52.6 Å². The maximum absolute atomic E-state index is 12.5. The normalized spacial score (nSPS) is 14.7. The number of carbonyl (C=O) groups excluding carboxylic acids is 2. The van der Waals surface area contributed by atoms with E-state index in [1.807, 2.05) is 0 Å². The molecule has 0 radical (unpaired) electrons. The van der Waals surface area contributed by atoms with Gasteiger partial charge in [-0.1, -0.05) is 78.1 Å². The molecule has 0 saturated heterocycles. The summed E-state index contributed by atoms with van der Waals surface area (Å²) in [7, 11) is 0. The van der Waals surface area contributed by atoms with E-state index in [1.165, 1.54) is 38.5 Å². The first-order valence-electron chi connectivity index (χ1n) is 11.0. The Morgan fingerprint density at radius 2 is 1.15 bits per heavy atom. The smallest absolute Gasteiger partial charge is 0.320 e. The van der Waals surface area contributed by atoms with Crippen molar-refractivity contribution in [1.29, 1.82) is 0 Å². The van der Waals surface area contributed by atoms with Gasteiger partial charge >= 0.3 is 11.9 Å². The van der Waals surface area contributed by atoms with Crippen LogP contribution in [0.4, 0.5) is 0 Å². The maximum Gasteiger partial charge on any atom is 0.320 e. The Kier molecular flexibility index (Phi) is 13.3. The van der Waals surface area contributed by atoms with Crippen molar-refractivity contribution < 1.29 is 19.1 Å². The van der Waals surface area contributed by atoms with Crippen LogP contribution < -0.4 is 0 Å². The van der Waals surface area contributed by atoms with Gasteiger partial charge in [-0.3, -0.25) is 9.59 Å². The summed E-state index contributed by atoms with van der Waals surface area (Å²) >= 11 is 0. The largest absolute Gasteiger partial charge is 0.465 e. The lowest BCUT2D eigenvalue weighted by atomic mass is 9.91. The first-order valence-corrected chi connectivity index (χ1v) is 11.0. The molecule has 0 aromatic carbocycles. The van der Waals surface area contributed by atoms with Gasteiger partial charge in [-0.05, 0) is 31.6 Å². The molecule has 1 rings (SSSR count). The van der Waals surface area contributed by atoms with Crippen molar-refractivity contribution in [2.75, 3.05) is 13.2 Å². The van der Waals surface area contributed by atoms with Crippen LogP contribution in [0.15, 0.2) is 0 Å². The Hall–Kier alpha value is -1.06. The molecule has 1 saturated carbocycles. The van der Waals surface area contributed by atoms with Crippen molar-refractivity contribution in [2.45, 2.75) is 104 Å². The van der Waals surface area contributed by atoms with E-state index in [-0.39, 0.29) is 17.9 Å². The van der Waals surface area contributed by atoms with E-state index < -0.39 is 5.92 Å². The van der Waals surface area contributed by atoms with Crippen LogP contribution in [0.2, 0.25) is 0 Å². The highest BCUT2D eigenvalue weighted by Gasteiger charge is 2.38. The number of carbonyl (C=O) groups is 2. The zero-order valence-electron chi connectivity index (χ0n) is 17.1. The lowest BCUT2D eigenvalue weighted by Gasteiger charge is -2.20. The van der Waals surface area contributed by atoms with Crippen LogP contribution in [0, 0.1) is 11.8 Å². The number of unbranched alkanes of at least 4 members (excludes halogenated alkanes) is 8. The SMILES string of the molecule is CCCCCCCOC(=O)C(C(=O)OCCCCCCC)C1CCCC1. The molecular weight excluding hydrogens is 328 g/mol. The van der Waals surface area contributed by atoms with Gasteiger partial charge in [0.05, 0.1) is 13.2 Å². The van der Waals surface area contributed by atoms with Crippen LogP contribution in [-0.4, -0.2) is 25.2 Å². The van der Waals surface area contributed by atoms with Crippen molar-refractivity contribution in [2.24, 2.45) is 11.8 Å². The van der Waals surface area contributed by atoms with Crippen LogP contribution in [0.1, 0.15) is 104 Å². The first kappa shape index (κ1) is 23.0. The fraction of sp³-hybridized carbons (Fsp3) is 0.909. The summed E-state index contributed by atoms with van der Waals surface area (Å²) in [5.41, 5.74) is 0. The van der Waals surface area contributed by atoms with Gasteiger partial charge in [-0.2, -0.15) is 0 Å². The van der Waals surface area contributed by atoms with Crippen molar-refractivity contribution in [3.8, 4) is 0 Å². The van der Waals surface area contributed by atoms with Crippen LogP contribution in [0.25, 0.3) is 0 Å². The molecule has 152 valence electrons. The van der Waals surface area contributed by atoms with Crippen molar-refractivity contribution in [1.82, 2.24) is 0 Å². The third kappa shape index (κ3) is 9.59. The molecule has 0 aliphatic heterocycles. The summed E-state index contributed by atoms with van der Waals surface area (Å²) in [6.45, 7) is 5.22. The van der Waals surface area contributed by atoms with Gasteiger partial charge in [0.25, 0.3) is 0 Å². The molecule has 0 N–H and O–H groups in total.